The number of nitro groups is 1. The van der Waals surface area contributed by atoms with Gasteiger partial charge in [-0.3, -0.25) is 10.1 Å². The third-order valence-electron chi connectivity index (χ3n) is 3.13. The van der Waals surface area contributed by atoms with Crippen LogP contribution in [-0.4, -0.2) is 9.49 Å². The molecule has 5 nitrogen and oxygen atoms in total. The maximum atomic E-state index is 10.9. The minimum atomic E-state index is -0.339. The van der Waals surface area contributed by atoms with Crippen molar-refractivity contribution in [2.45, 2.75) is 33.0 Å². The van der Waals surface area contributed by atoms with Gasteiger partial charge >= 0.3 is 0 Å². The van der Waals surface area contributed by atoms with Gasteiger partial charge in [-0.2, -0.15) is 0 Å². The monoisotopic (exact) mass is 273 g/mol. The molecule has 2 aromatic rings. The normalized spacial score (nSPS) is 10.7. The molecule has 2 rings (SSSR count). The van der Waals surface area contributed by atoms with E-state index in [1.54, 1.807) is 12.1 Å². The number of hydrogen-bond acceptors (Lipinski definition) is 3. The fourth-order valence-electron chi connectivity index (χ4n) is 2.17. The van der Waals surface area contributed by atoms with Crippen molar-refractivity contribution in [1.29, 1.82) is 0 Å². The van der Waals surface area contributed by atoms with Gasteiger partial charge in [0.2, 0.25) is 0 Å². The van der Waals surface area contributed by atoms with Crippen LogP contribution < -0.4 is 5.32 Å². The second kappa shape index (κ2) is 6.86. The van der Waals surface area contributed by atoms with Crippen molar-refractivity contribution >= 4 is 5.69 Å². The molecule has 0 radical (unpaired) electrons. The first-order valence-corrected chi connectivity index (χ1v) is 6.78. The van der Waals surface area contributed by atoms with Crippen LogP contribution in [0, 0.1) is 10.1 Å². The maximum Gasteiger partial charge on any atom is 0.273 e. The molecule has 0 atom stereocenters. The first-order chi connectivity index (χ1) is 9.70. The molecule has 0 fully saturated rings. The number of aryl methyl sites for hydroxylation is 1. The highest BCUT2D eigenvalue weighted by molar-refractivity contribution is 5.39. The van der Waals surface area contributed by atoms with Crippen LogP contribution in [0.2, 0.25) is 0 Å². The lowest BCUT2D eigenvalue weighted by molar-refractivity contribution is -0.385. The van der Waals surface area contributed by atoms with Gasteiger partial charge in [-0.05, 0) is 18.1 Å². The molecule has 20 heavy (non-hydrogen) atoms. The minimum absolute atomic E-state index is 0.170. The summed E-state index contributed by atoms with van der Waals surface area (Å²) in [7, 11) is 0. The SMILES string of the molecule is CCCn1ccc(CNCc2ccccc2[N+](=O)[O-])c1. The summed E-state index contributed by atoms with van der Waals surface area (Å²) in [5.41, 5.74) is 2.08. The topological polar surface area (TPSA) is 60.1 Å². The number of para-hydroxylation sites is 1. The Morgan fingerprint density at radius 1 is 1.25 bits per heavy atom. The van der Waals surface area contributed by atoms with Crippen LogP contribution in [0.5, 0.6) is 0 Å². The predicted octanol–water partition coefficient (Wildman–Crippen LogP) is 3.10. The minimum Gasteiger partial charge on any atom is -0.354 e. The van der Waals surface area contributed by atoms with Crippen molar-refractivity contribution in [3.05, 3.63) is 64.0 Å². The average molecular weight is 273 g/mol. The molecule has 0 aliphatic heterocycles. The highest BCUT2D eigenvalue weighted by atomic mass is 16.6. The van der Waals surface area contributed by atoms with Crippen molar-refractivity contribution < 1.29 is 4.92 Å². The van der Waals surface area contributed by atoms with E-state index < -0.39 is 0 Å². The molecule has 0 saturated carbocycles. The molecular weight excluding hydrogens is 254 g/mol. The Morgan fingerprint density at radius 3 is 2.80 bits per heavy atom. The standard InChI is InChI=1S/C15H19N3O2/c1-2-8-17-9-7-13(12-17)10-16-11-14-5-3-4-6-15(14)18(19)20/h3-7,9,12,16H,2,8,10-11H2,1H3. The zero-order chi connectivity index (χ0) is 14.4. The summed E-state index contributed by atoms with van der Waals surface area (Å²) in [5, 5.41) is 14.2. The van der Waals surface area contributed by atoms with E-state index in [0.717, 1.165) is 13.0 Å². The van der Waals surface area contributed by atoms with Gasteiger partial charge in [0.15, 0.2) is 0 Å². The van der Waals surface area contributed by atoms with E-state index in [-0.39, 0.29) is 10.6 Å². The van der Waals surface area contributed by atoms with Gasteiger partial charge in [0.1, 0.15) is 0 Å². The summed E-state index contributed by atoms with van der Waals surface area (Å²) >= 11 is 0. The molecule has 5 heteroatoms. The van der Waals surface area contributed by atoms with Crippen LogP contribution in [0.1, 0.15) is 24.5 Å². The first kappa shape index (κ1) is 14.3. The van der Waals surface area contributed by atoms with Crippen molar-refractivity contribution in [2.75, 3.05) is 0 Å². The zero-order valence-electron chi connectivity index (χ0n) is 11.6. The molecule has 0 amide bonds. The third kappa shape index (κ3) is 3.68. The molecule has 0 aliphatic rings. The lowest BCUT2D eigenvalue weighted by Crippen LogP contribution is -2.13. The summed E-state index contributed by atoms with van der Waals surface area (Å²) in [6.45, 7) is 4.37. The second-order valence-electron chi connectivity index (χ2n) is 4.75. The molecule has 1 aromatic carbocycles. The predicted molar refractivity (Wildman–Crippen MR) is 78.4 cm³/mol. The van der Waals surface area contributed by atoms with Crippen LogP contribution in [0.25, 0.3) is 0 Å². The molecule has 0 unspecified atom stereocenters. The maximum absolute atomic E-state index is 10.9. The van der Waals surface area contributed by atoms with Crippen LogP contribution >= 0.6 is 0 Å². The summed E-state index contributed by atoms with van der Waals surface area (Å²) in [5.74, 6) is 0. The van der Waals surface area contributed by atoms with Gasteiger partial charge in [-0.1, -0.05) is 25.1 Å². The first-order valence-electron chi connectivity index (χ1n) is 6.78. The fraction of sp³-hybridized carbons (Fsp3) is 0.333. The Morgan fingerprint density at radius 2 is 2.05 bits per heavy atom. The molecule has 1 heterocycles. The van der Waals surface area contributed by atoms with E-state index in [2.05, 4.69) is 35.3 Å². The quantitative estimate of drug-likeness (QED) is 0.623. The van der Waals surface area contributed by atoms with Crippen molar-refractivity contribution in [1.82, 2.24) is 9.88 Å². The van der Waals surface area contributed by atoms with Gasteiger partial charge in [0.05, 0.1) is 4.92 Å². The fourth-order valence-corrected chi connectivity index (χ4v) is 2.17. The van der Waals surface area contributed by atoms with Crippen LogP contribution in [-0.2, 0) is 19.6 Å². The molecule has 0 spiro atoms. The zero-order valence-corrected chi connectivity index (χ0v) is 11.6. The van der Waals surface area contributed by atoms with Gasteiger partial charge < -0.3 is 9.88 Å². The second-order valence-corrected chi connectivity index (χ2v) is 4.75. The Labute approximate surface area is 118 Å². The number of benzene rings is 1. The van der Waals surface area contributed by atoms with Crippen LogP contribution in [0.4, 0.5) is 5.69 Å². The van der Waals surface area contributed by atoms with Gasteiger partial charge in [-0.25, -0.2) is 0 Å². The molecule has 0 saturated heterocycles. The van der Waals surface area contributed by atoms with E-state index in [0.29, 0.717) is 18.7 Å². The summed E-state index contributed by atoms with van der Waals surface area (Å²) < 4.78 is 2.15. The van der Waals surface area contributed by atoms with E-state index in [9.17, 15) is 10.1 Å². The van der Waals surface area contributed by atoms with Gasteiger partial charge in [-0.15, -0.1) is 0 Å². The number of nitrogens with zero attached hydrogens (tertiary/aromatic N) is 2. The number of nitrogens with one attached hydrogen (secondary N) is 1. The Hall–Kier alpha value is -2.14. The number of hydrogen-bond donors (Lipinski definition) is 1. The van der Waals surface area contributed by atoms with E-state index in [1.165, 1.54) is 11.6 Å². The van der Waals surface area contributed by atoms with Crippen molar-refractivity contribution in [3.8, 4) is 0 Å². The lowest BCUT2D eigenvalue weighted by Gasteiger charge is -2.04. The molecule has 1 aromatic heterocycles. The number of nitro benzene ring substituents is 1. The molecule has 0 bridgehead atoms. The van der Waals surface area contributed by atoms with Crippen molar-refractivity contribution in [2.24, 2.45) is 0 Å². The molecular formula is C15H19N3O2. The van der Waals surface area contributed by atoms with E-state index in [1.807, 2.05) is 6.07 Å². The Balaban J connectivity index is 1.91. The van der Waals surface area contributed by atoms with Crippen LogP contribution in [0.3, 0.4) is 0 Å². The van der Waals surface area contributed by atoms with Gasteiger partial charge in [0, 0.05) is 43.7 Å². The third-order valence-corrected chi connectivity index (χ3v) is 3.13. The highest BCUT2D eigenvalue weighted by Gasteiger charge is 2.11. The average Bonchev–Trinajstić information content (AvgIpc) is 2.87. The summed E-state index contributed by atoms with van der Waals surface area (Å²) in [4.78, 5) is 10.6. The van der Waals surface area contributed by atoms with Crippen molar-refractivity contribution in [3.63, 3.8) is 0 Å². The van der Waals surface area contributed by atoms with Crippen LogP contribution in [0.15, 0.2) is 42.7 Å². The molecule has 1 N–H and O–H groups in total. The largest absolute Gasteiger partial charge is 0.354 e. The summed E-state index contributed by atoms with van der Waals surface area (Å²) in [6, 6.07) is 8.90. The Kier molecular flexibility index (Phi) is 4.90. The van der Waals surface area contributed by atoms with E-state index in [4.69, 9.17) is 0 Å². The molecule has 106 valence electrons. The number of aromatic nitrogens is 1. The number of rotatable bonds is 7. The highest BCUT2D eigenvalue weighted by Crippen LogP contribution is 2.17. The Bertz CT molecular complexity index is 578. The lowest BCUT2D eigenvalue weighted by atomic mass is 10.2. The smallest absolute Gasteiger partial charge is 0.273 e. The molecule has 0 aliphatic carbocycles. The summed E-state index contributed by atoms with van der Waals surface area (Å²) in [6.07, 6.45) is 5.28. The van der Waals surface area contributed by atoms with Gasteiger partial charge in [0.25, 0.3) is 5.69 Å². The van der Waals surface area contributed by atoms with E-state index >= 15 is 0 Å².